The highest BCUT2D eigenvalue weighted by Crippen LogP contribution is 2.21. The van der Waals surface area contributed by atoms with Crippen LogP contribution in [-0.2, 0) is 0 Å². The van der Waals surface area contributed by atoms with E-state index in [0.717, 1.165) is 11.3 Å². The molecule has 7 heteroatoms. The number of anilines is 1. The maximum absolute atomic E-state index is 14.4. The van der Waals surface area contributed by atoms with Crippen LogP contribution < -0.4 is 5.32 Å². The molecular formula is C21H18FN5O. The van der Waals surface area contributed by atoms with Gasteiger partial charge in [-0.1, -0.05) is 18.2 Å². The Morgan fingerprint density at radius 2 is 1.93 bits per heavy atom. The van der Waals surface area contributed by atoms with Gasteiger partial charge < -0.3 is 9.88 Å². The summed E-state index contributed by atoms with van der Waals surface area (Å²) in [5.74, 6) is -0.796. The summed E-state index contributed by atoms with van der Waals surface area (Å²) in [6, 6.07) is 12.3. The first-order valence-corrected chi connectivity index (χ1v) is 8.74. The summed E-state index contributed by atoms with van der Waals surface area (Å²) in [4.78, 5) is 16.6. The maximum atomic E-state index is 14.4. The molecule has 2 aromatic carbocycles. The minimum atomic E-state index is -0.455. The summed E-state index contributed by atoms with van der Waals surface area (Å²) >= 11 is 0. The number of para-hydroxylation sites is 1. The number of rotatable bonds is 4. The number of halogens is 1. The third kappa shape index (κ3) is 3.18. The summed E-state index contributed by atoms with van der Waals surface area (Å²) in [5, 5.41) is 7.08. The Morgan fingerprint density at radius 1 is 1.11 bits per heavy atom. The fraction of sp³-hybridized carbons (Fsp3) is 0.0952. The molecule has 1 amide bonds. The lowest BCUT2D eigenvalue weighted by Crippen LogP contribution is -2.13. The Hall–Kier alpha value is -3.74. The van der Waals surface area contributed by atoms with Crippen molar-refractivity contribution < 1.29 is 9.18 Å². The van der Waals surface area contributed by atoms with Crippen LogP contribution in [0.4, 0.5) is 10.1 Å². The first-order valence-electron chi connectivity index (χ1n) is 8.74. The van der Waals surface area contributed by atoms with Gasteiger partial charge in [-0.15, -0.1) is 0 Å². The van der Waals surface area contributed by atoms with E-state index in [0.29, 0.717) is 22.6 Å². The molecule has 0 saturated heterocycles. The van der Waals surface area contributed by atoms with Gasteiger partial charge in [-0.05, 0) is 43.7 Å². The predicted octanol–water partition coefficient (Wildman–Crippen LogP) is 4.07. The van der Waals surface area contributed by atoms with E-state index in [2.05, 4.69) is 15.4 Å². The van der Waals surface area contributed by atoms with Gasteiger partial charge in [-0.3, -0.25) is 4.79 Å². The van der Waals surface area contributed by atoms with Crippen LogP contribution in [0.5, 0.6) is 0 Å². The van der Waals surface area contributed by atoms with E-state index in [-0.39, 0.29) is 5.91 Å². The summed E-state index contributed by atoms with van der Waals surface area (Å²) in [5.41, 5.74) is 3.84. The van der Waals surface area contributed by atoms with Crippen LogP contribution >= 0.6 is 0 Å². The van der Waals surface area contributed by atoms with E-state index >= 15 is 0 Å². The van der Waals surface area contributed by atoms with Crippen LogP contribution in [0, 0.1) is 19.7 Å². The zero-order valence-electron chi connectivity index (χ0n) is 15.4. The van der Waals surface area contributed by atoms with E-state index in [9.17, 15) is 9.18 Å². The Balaban J connectivity index is 1.58. The first kappa shape index (κ1) is 17.7. The highest BCUT2D eigenvalue weighted by molar-refractivity contribution is 6.05. The van der Waals surface area contributed by atoms with Gasteiger partial charge >= 0.3 is 0 Å². The monoisotopic (exact) mass is 375 g/mol. The van der Waals surface area contributed by atoms with Crippen molar-refractivity contribution in [3.05, 3.63) is 90.0 Å². The molecule has 2 heterocycles. The molecule has 0 atom stereocenters. The highest BCUT2D eigenvalue weighted by Gasteiger charge is 2.17. The van der Waals surface area contributed by atoms with Gasteiger partial charge in [0.25, 0.3) is 5.91 Å². The third-order valence-electron chi connectivity index (χ3n) is 4.59. The van der Waals surface area contributed by atoms with E-state index in [1.54, 1.807) is 33.8 Å². The van der Waals surface area contributed by atoms with Gasteiger partial charge in [-0.25, -0.2) is 14.1 Å². The second-order valence-corrected chi connectivity index (χ2v) is 6.43. The SMILES string of the molecule is Cc1ccccc1-n1ncc(C(=O)Nc2ccc(-n3ccnc3)c(F)c2)c1C. The Kier molecular flexibility index (Phi) is 4.49. The van der Waals surface area contributed by atoms with Crippen molar-refractivity contribution >= 4 is 11.6 Å². The molecule has 0 spiro atoms. The van der Waals surface area contributed by atoms with Gasteiger partial charge in [0, 0.05) is 18.1 Å². The van der Waals surface area contributed by atoms with Crippen molar-refractivity contribution in [2.45, 2.75) is 13.8 Å². The van der Waals surface area contributed by atoms with Crippen LogP contribution in [0.15, 0.2) is 67.4 Å². The lowest BCUT2D eigenvalue weighted by molar-refractivity contribution is 0.102. The number of imidazole rings is 1. The van der Waals surface area contributed by atoms with E-state index in [1.807, 2.05) is 38.1 Å². The van der Waals surface area contributed by atoms with Crippen molar-refractivity contribution in [3.8, 4) is 11.4 Å². The quantitative estimate of drug-likeness (QED) is 0.585. The van der Waals surface area contributed by atoms with E-state index in [1.165, 1.54) is 18.6 Å². The standard InChI is InChI=1S/C21H18FN5O/c1-14-5-3-4-6-19(14)27-15(2)17(12-24-27)21(28)25-16-7-8-20(18(22)11-16)26-10-9-23-13-26/h3-13H,1-2H3,(H,25,28). The molecule has 2 aromatic heterocycles. The number of carbonyl (C=O) groups is 1. The van der Waals surface area contributed by atoms with E-state index in [4.69, 9.17) is 0 Å². The molecule has 0 aliphatic carbocycles. The van der Waals surface area contributed by atoms with Gasteiger partial charge in [0.15, 0.2) is 0 Å². The summed E-state index contributed by atoms with van der Waals surface area (Å²) < 4.78 is 17.7. The van der Waals surface area contributed by atoms with Gasteiger partial charge in [0.2, 0.25) is 0 Å². The lowest BCUT2D eigenvalue weighted by Gasteiger charge is -2.10. The average Bonchev–Trinajstić information content (AvgIpc) is 3.32. The minimum absolute atomic E-state index is 0.341. The Bertz CT molecular complexity index is 1150. The summed E-state index contributed by atoms with van der Waals surface area (Å²) in [7, 11) is 0. The average molecular weight is 375 g/mol. The number of aryl methyl sites for hydroxylation is 1. The number of aromatic nitrogens is 4. The molecular weight excluding hydrogens is 357 g/mol. The first-order chi connectivity index (χ1) is 13.5. The Labute approximate surface area is 161 Å². The number of hydrogen-bond donors (Lipinski definition) is 1. The largest absolute Gasteiger partial charge is 0.322 e. The molecule has 0 bridgehead atoms. The number of amides is 1. The van der Waals surface area contributed by atoms with Crippen LogP contribution in [-0.4, -0.2) is 25.2 Å². The van der Waals surface area contributed by atoms with Crippen LogP contribution in [0.25, 0.3) is 11.4 Å². The van der Waals surface area contributed by atoms with Crippen LogP contribution in [0.2, 0.25) is 0 Å². The zero-order chi connectivity index (χ0) is 19.7. The van der Waals surface area contributed by atoms with Crippen molar-refractivity contribution in [1.82, 2.24) is 19.3 Å². The fourth-order valence-corrected chi connectivity index (χ4v) is 3.07. The lowest BCUT2D eigenvalue weighted by atomic mass is 10.2. The number of nitrogens with one attached hydrogen (secondary N) is 1. The second-order valence-electron chi connectivity index (χ2n) is 6.43. The molecule has 0 unspecified atom stereocenters. The Morgan fingerprint density at radius 3 is 2.64 bits per heavy atom. The van der Waals surface area contributed by atoms with Crippen LogP contribution in [0.1, 0.15) is 21.6 Å². The van der Waals surface area contributed by atoms with Gasteiger partial charge in [0.1, 0.15) is 5.82 Å². The molecule has 6 nitrogen and oxygen atoms in total. The molecule has 0 radical (unpaired) electrons. The number of benzene rings is 2. The number of carbonyl (C=O) groups excluding carboxylic acids is 1. The molecule has 140 valence electrons. The molecule has 28 heavy (non-hydrogen) atoms. The van der Waals surface area contributed by atoms with Crippen LogP contribution in [0.3, 0.4) is 0 Å². The molecule has 0 aliphatic heterocycles. The summed E-state index contributed by atoms with van der Waals surface area (Å²) in [6.45, 7) is 3.82. The van der Waals surface area contributed by atoms with Crippen molar-refractivity contribution in [3.63, 3.8) is 0 Å². The van der Waals surface area contributed by atoms with Crippen molar-refractivity contribution in [2.24, 2.45) is 0 Å². The molecule has 0 saturated carbocycles. The zero-order valence-corrected chi connectivity index (χ0v) is 15.4. The van der Waals surface area contributed by atoms with Gasteiger partial charge in [0.05, 0.1) is 35.2 Å². The minimum Gasteiger partial charge on any atom is -0.322 e. The van der Waals surface area contributed by atoms with Crippen molar-refractivity contribution in [2.75, 3.05) is 5.32 Å². The fourth-order valence-electron chi connectivity index (χ4n) is 3.07. The third-order valence-corrected chi connectivity index (χ3v) is 4.59. The maximum Gasteiger partial charge on any atom is 0.259 e. The predicted molar refractivity (Wildman–Crippen MR) is 105 cm³/mol. The molecule has 0 fully saturated rings. The number of nitrogens with zero attached hydrogens (tertiary/aromatic N) is 4. The highest BCUT2D eigenvalue weighted by atomic mass is 19.1. The summed E-state index contributed by atoms with van der Waals surface area (Å²) in [6.07, 6.45) is 6.26. The number of hydrogen-bond acceptors (Lipinski definition) is 3. The molecule has 4 aromatic rings. The smallest absolute Gasteiger partial charge is 0.259 e. The second kappa shape index (κ2) is 7.11. The molecule has 0 aliphatic rings. The van der Waals surface area contributed by atoms with Gasteiger partial charge in [-0.2, -0.15) is 5.10 Å². The molecule has 1 N–H and O–H groups in total. The molecule has 4 rings (SSSR count). The normalized spacial score (nSPS) is 10.8. The topological polar surface area (TPSA) is 64.7 Å². The van der Waals surface area contributed by atoms with Crippen molar-refractivity contribution in [1.29, 1.82) is 0 Å². The van der Waals surface area contributed by atoms with E-state index < -0.39 is 5.82 Å².